The highest BCUT2D eigenvalue weighted by molar-refractivity contribution is 5.78. The van der Waals surface area contributed by atoms with E-state index in [1.165, 1.54) is 6.07 Å². The molecule has 1 aromatic rings. The summed E-state index contributed by atoms with van der Waals surface area (Å²) in [5.41, 5.74) is 0.656. The van der Waals surface area contributed by atoms with Crippen molar-refractivity contribution in [3.05, 3.63) is 35.6 Å². The molecule has 0 bridgehead atoms. The lowest BCUT2D eigenvalue weighted by Crippen LogP contribution is -2.57. The van der Waals surface area contributed by atoms with Crippen molar-refractivity contribution in [2.75, 3.05) is 19.6 Å². The zero-order valence-electron chi connectivity index (χ0n) is 13.5. The number of amides is 2. The highest BCUT2D eigenvalue weighted by Crippen LogP contribution is 2.31. The fraction of sp³-hybridized carbons (Fsp3) is 0.556. The molecule has 0 N–H and O–H groups in total. The first-order valence-corrected chi connectivity index (χ1v) is 8.34. The first-order valence-electron chi connectivity index (χ1n) is 8.34. The molecule has 0 aliphatic carbocycles. The molecule has 4 nitrogen and oxygen atoms in total. The average Bonchev–Trinajstić information content (AvgIpc) is 2.55. The predicted octanol–water partition coefficient (Wildman–Crippen LogP) is 2.23. The third-order valence-electron chi connectivity index (χ3n) is 5.17. The van der Waals surface area contributed by atoms with Gasteiger partial charge in [-0.25, -0.2) is 4.39 Å². The second kappa shape index (κ2) is 6.69. The van der Waals surface area contributed by atoms with Crippen molar-refractivity contribution in [2.45, 2.75) is 38.6 Å². The third kappa shape index (κ3) is 3.38. The first-order chi connectivity index (χ1) is 11.1. The van der Waals surface area contributed by atoms with Gasteiger partial charge in [0.05, 0.1) is 0 Å². The summed E-state index contributed by atoms with van der Waals surface area (Å²) in [5, 5.41) is 0. The zero-order valence-corrected chi connectivity index (χ0v) is 13.5. The van der Waals surface area contributed by atoms with Crippen LogP contribution in [0.2, 0.25) is 0 Å². The molecular weight excluding hydrogens is 295 g/mol. The normalized spacial score (nSPS) is 24.5. The second-order valence-corrected chi connectivity index (χ2v) is 6.55. The quantitative estimate of drug-likeness (QED) is 0.857. The largest absolute Gasteiger partial charge is 0.343 e. The molecule has 0 aromatic heterocycles. The van der Waals surface area contributed by atoms with Crippen LogP contribution in [0.4, 0.5) is 4.39 Å². The number of carbonyl (C=O) groups excluding carboxylic acids is 2. The molecule has 3 rings (SSSR count). The summed E-state index contributed by atoms with van der Waals surface area (Å²) in [4.78, 5) is 27.7. The lowest BCUT2D eigenvalue weighted by molar-refractivity contribution is -0.143. The van der Waals surface area contributed by atoms with Gasteiger partial charge in [0.15, 0.2) is 0 Å². The Morgan fingerprint density at radius 2 is 2.09 bits per heavy atom. The molecule has 0 spiro atoms. The van der Waals surface area contributed by atoms with Crippen LogP contribution in [0.5, 0.6) is 0 Å². The van der Waals surface area contributed by atoms with Gasteiger partial charge in [0.1, 0.15) is 5.82 Å². The minimum Gasteiger partial charge on any atom is -0.343 e. The number of rotatable bonds is 3. The van der Waals surface area contributed by atoms with Crippen LogP contribution in [0, 0.1) is 11.7 Å². The molecule has 1 aromatic carbocycles. The van der Waals surface area contributed by atoms with Crippen LogP contribution in [0.1, 0.15) is 31.7 Å². The van der Waals surface area contributed by atoms with Crippen molar-refractivity contribution in [3.63, 3.8) is 0 Å². The number of nitrogens with zero attached hydrogens (tertiary/aromatic N) is 2. The van der Waals surface area contributed by atoms with Gasteiger partial charge in [0.25, 0.3) is 0 Å². The summed E-state index contributed by atoms with van der Waals surface area (Å²) in [6.07, 6.45) is 2.75. The third-order valence-corrected chi connectivity index (χ3v) is 5.17. The molecule has 2 aliphatic rings. The highest BCUT2D eigenvalue weighted by atomic mass is 19.1. The Balaban J connectivity index is 1.67. The van der Waals surface area contributed by atoms with Crippen LogP contribution >= 0.6 is 0 Å². The molecule has 0 saturated carbocycles. The average molecular weight is 318 g/mol. The van der Waals surface area contributed by atoms with Crippen molar-refractivity contribution in [1.82, 2.24) is 9.80 Å². The fourth-order valence-corrected chi connectivity index (χ4v) is 3.87. The molecule has 0 unspecified atom stereocenters. The van der Waals surface area contributed by atoms with Crippen LogP contribution in [0.25, 0.3) is 0 Å². The summed E-state index contributed by atoms with van der Waals surface area (Å²) in [6, 6.07) is 6.93. The Kier molecular flexibility index (Phi) is 4.64. The topological polar surface area (TPSA) is 40.6 Å². The van der Waals surface area contributed by atoms with Gasteiger partial charge in [-0.1, -0.05) is 18.2 Å². The minimum atomic E-state index is -0.208. The van der Waals surface area contributed by atoms with E-state index in [2.05, 4.69) is 0 Å². The Labute approximate surface area is 136 Å². The van der Waals surface area contributed by atoms with Gasteiger partial charge in [0, 0.05) is 39.0 Å². The number of hydrogen-bond acceptors (Lipinski definition) is 2. The molecule has 2 fully saturated rings. The summed E-state index contributed by atoms with van der Waals surface area (Å²) < 4.78 is 13.8. The number of carbonyl (C=O) groups is 2. The van der Waals surface area contributed by atoms with Gasteiger partial charge in [-0.3, -0.25) is 9.59 Å². The molecule has 2 aliphatic heterocycles. The minimum absolute atomic E-state index is 0.109. The highest BCUT2D eigenvalue weighted by Gasteiger charge is 2.39. The van der Waals surface area contributed by atoms with Gasteiger partial charge in [0.2, 0.25) is 11.8 Å². The number of hydrogen-bond donors (Lipinski definition) is 0. The fourth-order valence-electron chi connectivity index (χ4n) is 3.87. The molecule has 2 saturated heterocycles. The van der Waals surface area contributed by atoms with E-state index in [4.69, 9.17) is 0 Å². The van der Waals surface area contributed by atoms with E-state index in [1.807, 2.05) is 15.9 Å². The molecule has 0 radical (unpaired) electrons. The molecule has 2 heterocycles. The molecule has 23 heavy (non-hydrogen) atoms. The summed E-state index contributed by atoms with van der Waals surface area (Å²) in [7, 11) is 0. The number of benzene rings is 1. The van der Waals surface area contributed by atoms with Gasteiger partial charge >= 0.3 is 0 Å². The van der Waals surface area contributed by atoms with E-state index in [1.54, 1.807) is 19.1 Å². The molecule has 2 atom stereocenters. The van der Waals surface area contributed by atoms with E-state index in [-0.39, 0.29) is 23.7 Å². The number of halogens is 1. The summed E-state index contributed by atoms with van der Waals surface area (Å²) in [5.74, 6) is 0.419. The second-order valence-electron chi connectivity index (χ2n) is 6.55. The zero-order chi connectivity index (χ0) is 16.4. The monoisotopic (exact) mass is 318 g/mol. The van der Waals surface area contributed by atoms with E-state index in [0.29, 0.717) is 37.4 Å². The Bertz CT molecular complexity index is 604. The van der Waals surface area contributed by atoms with Crippen molar-refractivity contribution in [2.24, 2.45) is 5.92 Å². The van der Waals surface area contributed by atoms with Crippen LogP contribution in [-0.4, -0.2) is 47.3 Å². The van der Waals surface area contributed by atoms with E-state index in [0.717, 1.165) is 19.4 Å². The van der Waals surface area contributed by atoms with Crippen molar-refractivity contribution < 1.29 is 14.0 Å². The predicted molar refractivity (Wildman–Crippen MR) is 85.2 cm³/mol. The SMILES string of the molecule is CC(=O)N1CC[C@H]2[C@H](CCC(=O)N2CCc2ccccc2F)C1. The van der Waals surface area contributed by atoms with Crippen molar-refractivity contribution >= 4 is 11.8 Å². The summed E-state index contributed by atoms with van der Waals surface area (Å²) >= 11 is 0. The van der Waals surface area contributed by atoms with Crippen molar-refractivity contribution in [3.8, 4) is 0 Å². The lowest BCUT2D eigenvalue weighted by atomic mass is 9.83. The Hall–Kier alpha value is -1.91. The Morgan fingerprint density at radius 3 is 2.83 bits per heavy atom. The van der Waals surface area contributed by atoms with E-state index >= 15 is 0 Å². The van der Waals surface area contributed by atoms with Gasteiger partial charge in [-0.2, -0.15) is 0 Å². The van der Waals surface area contributed by atoms with Gasteiger partial charge < -0.3 is 9.80 Å². The van der Waals surface area contributed by atoms with Crippen LogP contribution < -0.4 is 0 Å². The maximum Gasteiger partial charge on any atom is 0.222 e. The molecule has 5 heteroatoms. The van der Waals surface area contributed by atoms with Crippen LogP contribution in [0.15, 0.2) is 24.3 Å². The van der Waals surface area contributed by atoms with Gasteiger partial charge in [-0.15, -0.1) is 0 Å². The first kappa shape index (κ1) is 16.0. The lowest BCUT2D eigenvalue weighted by Gasteiger charge is -2.47. The Morgan fingerprint density at radius 1 is 1.30 bits per heavy atom. The van der Waals surface area contributed by atoms with E-state index < -0.39 is 0 Å². The van der Waals surface area contributed by atoms with Crippen LogP contribution in [0.3, 0.4) is 0 Å². The summed E-state index contributed by atoms with van der Waals surface area (Å²) in [6.45, 7) is 3.61. The molecule has 124 valence electrons. The molecule has 2 amide bonds. The van der Waals surface area contributed by atoms with E-state index in [9.17, 15) is 14.0 Å². The maximum atomic E-state index is 13.8. The molecular formula is C18H23FN2O2. The van der Waals surface area contributed by atoms with Crippen molar-refractivity contribution in [1.29, 1.82) is 0 Å². The van der Waals surface area contributed by atoms with Gasteiger partial charge in [-0.05, 0) is 36.8 Å². The standard InChI is InChI=1S/C18H23FN2O2/c1-13(22)20-10-9-17-15(12-20)6-7-18(23)21(17)11-8-14-4-2-3-5-16(14)19/h2-5,15,17H,6-12H2,1H3/t15-,17+/m1/s1. The number of piperidine rings is 2. The maximum absolute atomic E-state index is 13.8. The number of likely N-dealkylation sites (tertiary alicyclic amines) is 2. The van der Waals surface area contributed by atoms with Crippen LogP contribution in [-0.2, 0) is 16.0 Å². The smallest absolute Gasteiger partial charge is 0.222 e. The number of fused-ring (bicyclic) bond motifs is 1.